The fourth-order valence-electron chi connectivity index (χ4n) is 3.03. The van der Waals surface area contributed by atoms with Gasteiger partial charge >= 0.3 is 5.97 Å². The van der Waals surface area contributed by atoms with Gasteiger partial charge in [0.1, 0.15) is 5.69 Å². The second-order valence-electron chi connectivity index (χ2n) is 6.80. The second-order valence-corrected chi connectivity index (χ2v) is 7.72. The molecule has 4 N–H and O–H groups in total. The Labute approximate surface area is 189 Å². The first-order chi connectivity index (χ1) is 15.4. The number of carbonyl (C=O) groups excluding carboxylic acids is 3. The summed E-state index contributed by atoms with van der Waals surface area (Å²) in [5.74, 6) is -1.48. The first-order valence-corrected chi connectivity index (χ1v) is 10.2. The lowest BCUT2D eigenvalue weighted by Crippen LogP contribution is -2.21. The Balaban J connectivity index is 1.54. The SMILES string of the molecule is COC(=O)c1ccc2nc(NC(=O)c3[nH]cnc3C(=O)Nc3cc(Br)ccc3C)[nH]c2c1. The molecule has 0 atom stereocenters. The molecule has 2 amide bonds. The zero-order valence-corrected chi connectivity index (χ0v) is 18.5. The van der Waals surface area contributed by atoms with Crippen molar-refractivity contribution in [3.05, 3.63) is 69.7 Å². The van der Waals surface area contributed by atoms with E-state index in [0.717, 1.165) is 10.0 Å². The first kappa shape index (κ1) is 21.2. The molecule has 0 fully saturated rings. The van der Waals surface area contributed by atoms with Gasteiger partial charge in [0.15, 0.2) is 5.69 Å². The van der Waals surface area contributed by atoms with Crippen LogP contribution in [0.4, 0.5) is 11.6 Å². The molecule has 0 spiro atoms. The number of ether oxygens (including phenoxy) is 1. The van der Waals surface area contributed by atoms with E-state index in [0.29, 0.717) is 22.3 Å². The number of H-pyrrole nitrogens is 2. The Hall–Kier alpha value is -3.99. The second kappa shape index (κ2) is 8.63. The smallest absolute Gasteiger partial charge is 0.337 e. The van der Waals surface area contributed by atoms with Gasteiger partial charge in [-0.3, -0.25) is 14.9 Å². The van der Waals surface area contributed by atoms with Crippen LogP contribution in [0.5, 0.6) is 0 Å². The monoisotopic (exact) mass is 496 g/mol. The highest BCUT2D eigenvalue weighted by molar-refractivity contribution is 9.10. The van der Waals surface area contributed by atoms with Crippen LogP contribution in [0.1, 0.15) is 36.9 Å². The number of esters is 1. The molecule has 4 aromatic rings. The zero-order chi connectivity index (χ0) is 22.8. The molecule has 0 aliphatic heterocycles. The molecule has 0 aliphatic carbocycles. The van der Waals surface area contributed by atoms with Crippen molar-refractivity contribution >= 4 is 56.4 Å². The summed E-state index contributed by atoms with van der Waals surface area (Å²) in [7, 11) is 1.29. The van der Waals surface area contributed by atoms with Gasteiger partial charge in [-0.05, 0) is 42.8 Å². The maximum atomic E-state index is 12.8. The van der Waals surface area contributed by atoms with E-state index in [1.54, 1.807) is 24.3 Å². The number of aryl methyl sites for hydroxylation is 1. The van der Waals surface area contributed by atoms with Gasteiger partial charge in [0, 0.05) is 10.2 Å². The third-order valence-electron chi connectivity index (χ3n) is 4.66. The normalized spacial score (nSPS) is 10.7. The van der Waals surface area contributed by atoms with E-state index in [9.17, 15) is 14.4 Å². The van der Waals surface area contributed by atoms with Crippen LogP contribution in [-0.2, 0) is 4.74 Å². The van der Waals surface area contributed by atoms with E-state index in [-0.39, 0.29) is 17.3 Å². The van der Waals surface area contributed by atoms with Crippen LogP contribution in [0, 0.1) is 6.92 Å². The average Bonchev–Trinajstić information content (AvgIpc) is 3.41. The lowest BCUT2D eigenvalue weighted by Gasteiger charge is -2.08. The average molecular weight is 497 g/mol. The summed E-state index contributed by atoms with van der Waals surface area (Å²) in [6, 6.07) is 10.2. The third kappa shape index (κ3) is 4.23. The quantitative estimate of drug-likeness (QED) is 0.310. The number of fused-ring (bicyclic) bond motifs is 1. The van der Waals surface area contributed by atoms with E-state index in [4.69, 9.17) is 4.74 Å². The van der Waals surface area contributed by atoms with Crippen LogP contribution in [0.2, 0.25) is 0 Å². The Morgan fingerprint density at radius 2 is 1.88 bits per heavy atom. The minimum Gasteiger partial charge on any atom is -0.465 e. The first-order valence-electron chi connectivity index (χ1n) is 9.36. The van der Waals surface area contributed by atoms with Crippen LogP contribution < -0.4 is 10.6 Å². The number of aromatic amines is 2. The number of hydrogen-bond acceptors (Lipinski definition) is 6. The van der Waals surface area contributed by atoms with Crippen LogP contribution in [0.3, 0.4) is 0 Å². The van der Waals surface area contributed by atoms with Gasteiger partial charge in [-0.2, -0.15) is 0 Å². The lowest BCUT2D eigenvalue weighted by molar-refractivity contribution is 0.0600. The topological polar surface area (TPSA) is 142 Å². The molecule has 32 heavy (non-hydrogen) atoms. The molecule has 0 radical (unpaired) electrons. The number of aromatic nitrogens is 4. The molecule has 10 nitrogen and oxygen atoms in total. The molecule has 2 heterocycles. The number of anilines is 2. The summed E-state index contributed by atoms with van der Waals surface area (Å²) < 4.78 is 5.51. The van der Waals surface area contributed by atoms with E-state index in [1.165, 1.54) is 13.4 Å². The molecular weight excluding hydrogens is 480 g/mol. The largest absolute Gasteiger partial charge is 0.465 e. The van der Waals surface area contributed by atoms with E-state index >= 15 is 0 Å². The maximum Gasteiger partial charge on any atom is 0.337 e. The molecule has 4 rings (SSSR count). The minimum absolute atomic E-state index is 0.0224. The van der Waals surface area contributed by atoms with Gasteiger partial charge < -0.3 is 20.0 Å². The fraction of sp³-hybridized carbons (Fsp3) is 0.0952. The predicted octanol–water partition coefficient (Wildman–Crippen LogP) is 3.65. The standard InChI is InChI=1S/C21H17BrN6O4/c1-10-3-5-12(22)8-14(10)25-18(29)16-17(24-9-23-16)19(30)28-21-26-13-6-4-11(20(31)32-2)7-15(13)27-21/h3-9H,1-2H3,(H,23,24)(H,25,29)(H2,26,27,28,30). The van der Waals surface area contributed by atoms with Gasteiger partial charge in [-0.1, -0.05) is 22.0 Å². The third-order valence-corrected chi connectivity index (χ3v) is 5.16. The van der Waals surface area contributed by atoms with E-state index < -0.39 is 17.8 Å². The summed E-state index contributed by atoms with van der Waals surface area (Å²) in [5.41, 5.74) is 2.79. The number of rotatable bonds is 5. The van der Waals surface area contributed by atoms with E-state index in [2.05, 4.69) is 46.5 Å². The Bertz CT molecular complexity index is 1360. The van der Waals surface area contributed by atoms with Crippen LogP contribution in [0.15, 0.2) is 47.2 Å². The van der Waals surface area contributed by atoms with Crippen molar-refractivity contribution in [1.29, 1.82) is 0 Å². The molecule has 0 saturated carbocycles. The predicted molar refractivity (Wildman–Crippen MR) is 121 cm³/mol. The Kier molecular flexibility index (Phi) is 5.73. The Morgan fingerprint density at radius 3 is 2.66 bits per heavy atom. The number of hydrogen-bond donors (Lipinski definition) is 4. The van der Waals surface area contributed by atoms with Crippen molar-refractivity contribution in [2.24, 2.45) is 0 Å². The highest BCUT2D eigenvalue weighted by Gasteiger charge is 2.22. The number of amides is 2. The molecule has 0 saturated heterocycles. The number of nitrogens with one attached hydrogen (secondary N) is 4. The van der Waals surface area contributed by atoms with Gasteiger partial charge in [-0.25, -0.2) is 14.8 Å². The van der Waals surface area contributed by atoms with Crippen LogP contribution in [-0.4, -0.2) is 44.8 Å². The van der Waals surface area contributed by atoms with Gasteiger partial charge in [0.2, 0.25) is 5.95 Å². The van der Waals surface area contributed by atoms with Crippen molar-refractivity contribution in [3.8, 4) is 0 Å². The minimum atomic E-state index is -0.606. The number of benzene rings is 2. The summed E-state index contributed by atoms with van der Waals surface area (Å²) in [4.78, 5) is 51.1. The van der Waals surface area contributed by atoms with E-state index in [1.807, 2.05) is 19.1 Å². The molecular formula is C21H17BrN6O4. The number of nitrogens with zero attached hydrogens (tertiary/aromatic N) is 2. The summed E-state index contributed by atoms with van der Waals surface area (Å²) in [5, 5.41) is 5.35. The van der Waals surface area contributed by atoms with Crippen molar-refractivity contribution < 1.29 is 19.1 Å². The summed E-state index contributed by atoms with van der Waals surface area (Å²) in [6.07, 6.45) is 1.26. The number of carbonyl (C=O) groups is 3. The summed E-state index contributed by atoms with van der Waals surface area (Å²) >= 11 is 3.37. The van der Waals surface area contributed by atoms with Crippen molar-refractivity contribution in [2.45, 2.75) is 6.92 Å². The molecule has 0 aliphatic rings. The molecule has 162 valence electrons. The fourth-order valence-corrected chi connectivity index (χ4v) is 3.39. The lowest BCUT2D eigenvalue weighted by atomic mass is 10.2. The number of methoxy groups -OCH3 is 1. The molecule has 2 aromatic heterocycles. The van der Waals surface area contributed by atoms with Gasteiger partial charge in [0.05, 0.1) is 30.0 Å². The van der Waals surface area contributed by atoms with Crippen molar-refractivity contribution in [3.63, 3.8) is 0 Å². The van der Waals surface area contributed by atoms with Crippen molar-refractivity contribution in [2.75, 3.05) is 17.7 Å². The highest BCUT2D eigenvalue weighted by Crippen LogP contribution is 2.22. The molecule has 11 heteroatoms. The van der Waals surface area contributed by atoms with Gasteiger partial charge in [-0.15, -0.1) is 0 Å². The van der Waals surface area contributed by atoms with Crippen LogP contribution in [0.25, 0.3) is 11.0 Å². The maximum absolute atomic E-state index is 12.8. The number of halogens is 1. The molecule has 0 unspecified atom stereocenters. The zero-order valence-electron chi connectivity index (χ0n) is 16.9. The highest BCUT2D eigenvalue weighted by atomic mass is 79.9. The Morgan fingerprint density at radius 1 is 1.06 bits per heavy atom. The van der Waals surface area contributed by atoms with Gasteiger partial charge in [0.25, 0.3) is 11.8 Å². The van der Waals surface area contributed by atoms with Crippen molar-refractivity contribution in [1.82, 2.24) is 19.9 Å². The van der Waals surface area contributed by atoms with Crippen LogP contribution >= 0.6 is 15.9 Å². The molecule has 2 aromatic carbocycles. The molecule has 0 bridgehead atoms. The number of imidazole rings is 2. The summed E-state index contributed by atoms with van der Waals surface area (Å²) in [6.45, 7) is 1.85.